The Morgan fingerprint density at radius 2 is 2.23 bits per heavy atom. The molecule has 0 N–H and O–H groups in total. The molecule has 0 unspecified atom stereocenters. The summed E-state index contributed by atoms with van der Waals surface area (Å²) in [6.45, 7) is 3.67. The molecule has 0 aliphatic heterocycles. The van der Waals surface area contributed by atoms with Gasteiger partial charge in [-0.1, -0.05) is 0 Å². The predicted molar refractivity (Wildman–Crippen MR) is 53.1 cm³/mol. The highest BCUT2D eigenvalue weighted by Gasteiger charge is 2.19. The molecule has 1 rings (SSSR count). The molecule has 0 aliphatic carbocycles. The van der Waals surface area contributed by atoms with E-state index >= 15 is 0 Å². The van der Waals surface area contributed by atoms with Gasteiger partial charge in [0, 0.05) is 16.9 Å². The highest BCUT2D eigenvalue weighted by atomic mass is 79.9. The average Bonchev–Trinajstić information content (AvgIpc) is 2.04. The number of pyridine rings is 1. The molecule has 0 aliphatic rings. The molecule has 0 radical (unpaired) electrons. The molecule has 13 heavy (non-hydrogen) atoms. The zero-order valence-electron chi connectivity index (χ0n) is 7.41. The molecule has 0 spiro atoms. The first-order valence-electron chi connectivity index (χ1n) is 3.76. The Kier molecular flexibility index (Phi) is 2.96. The molecule has 0 aromatic carbocycles. The van der Waals surface area contributed by atoms with Gasteiger partial charge in [-0.2, -0.15) is 4.99 Å². The topological polar surface area (TPSA) is 42.3 Å². The van der Waals surface area contributed by atoms with Crippen molar-refractivity contribution in [2.24, 2.45) is 4.99 Å². The Morgan fingerprint density at radius 1 is 1.54 bits per heavy atom. The van der Waals surface area contributed by atoms with Crippen LogP contribution in [0.4, 0.5) is 0 Å². The van der Waals surface area contributed by atoms with Crippen molar-refractivity contribution in [2.45, 2.75) is 19.4 Å². The molecule has 1 aromatic heterocycles. The second kappa shape index (κ2) is 3.81. The third-order valence-electron chi connectivity index (χ3n) is 1.74. The Morgan fingerprint density at radius 3 is 2.77 bits per heavy atom. The van der Waals surface area contributed by atoms with Crippen LogP contribution in [-0.2, 0) is 10.3 Å². The van der Waals surface area contributed by atoms with Crippen LogP contribution in [0, 0.1) is 0 Å². The number of carbonyl (C=O) groups excluding carboxylic acids is 1. The molecule has 1 heterocycles. The van der Waals surface area contributed by atoms with Crippen molar-refractivity contribution in [1.29, 1.82) is 0 Å². The fourth-order valence-electron chi connectivity index (χ4n) is 0.925. The summed E-state index contributed by atoms with van der Waals surface area (Å²) in [5.74, 6) is 0. The second-order valence-electron chi connectivity index (χ2n) is 3.15. The van der Waals surface area contributed by atoms with Crippen LogP contribution in [-0.4, -0.2) is 11.1 Å². The summed E-state index contributed by atoms with van der Waals surface area (Å²) in [6.07, 6.45) is 4.93. The number of aliphatic imine (C=N–C) groups is 1. The van der Waals surface area contributed by atoms with Gasteiger partial charge in [0.15, 0.2) is 0 Å². The van der Waals surface area contributed by atoms with Crippen LogP contribution in [0.25, 0.3) is 0 Å². The van der Waals surface area contributed by atoms with E-state index in [0.717, 1.165) is 10.0 Å². The van der Waals surface area contributed by atoms with Crippen molar-refractivity contribution >= 4 is 22.0 Å². The maximum Gasteiger partial charge on any atom is 0.235 e. The maximum absolute atomic E-state index is 10.2. The Labute approximate surface area is 85.0 Å². The van der Waals surface area contributed by atoms with Gasteiger partial charge in [-0.05, 0) is 41.4 Å². The summed E-state index contributed by atoms with van der Waals surface area (Å²) in [6, 6.07) is 1.88. The minimum absolute atomic E-state index is 0.557. The average molecular weight is 241 g/mol. The van der Waals surface area contributed by atoms with Crippen molar-refractivity contribution in [3.8, 4) is 0 Å². The molecule has 0 bridgehead atoms. The van der Waals surface area contributed by atoms with Crippen LogP contribution in [0.1, 0.15) is 19.4 Å². The number of hydrogen-bond acceptors (Lipinski definition) is 3. The number of rotatable bonds is 2. The van der Waals surface area contributed by atoms with Crippen LogP contribution < -0.4 is 0 Å². The van der Waals surface area contributed by atoms with E-state index in [-0.39, 0.29) is 0 Å². The van der Waals surface area contributed by atoms with Crippen molar-refractivity contribution in [3.63, 3.8) is 0 Å². The second-order valence-corrected chi connectivity index (χ2v) is 4.07. The normalized spacial score (nSPS) is 10.7. The minimum atomic E-state index is -0.557. The fourth-order valence-corrected chi connectivity index (χ4v) is 1.29. The standard InChI is InChI=1S/C9H9BrN2O/c1-9(2,12-6-13)7-3-8(10)5-11-4-7/h3-5H,1-2H3. The monoisotopic (exact) mass is 240 g/mol. The molecular formula is C9H9BrN2O. The minimum Gasteiger partial charge on any atom is -0.263 e. The van der Waals surface area contributed by atoms with Crippen molar-refractivity contribution in [3.05, 3.63) is 28.5 Å². The molecule has 3 nitrogen and oxygen atoms in total. The third-order valence-corrected chi connectivity index (χ3v) is 2.17. The van der Waals surface area contributed by atoms with E-state index in [0.29, 0.717) is 0 Å². The maximum atomic E-state index is 10.2. The largest absolute Gasteiger partial charge is 0.263 e. The molecule has 0 atom stereocenters. The van der Waals surface area contributed by atoms with Crippen LogP contribution in [0.2, 0.25) is 0 Å². The van der Waals surface area contributed by atoms with Gasteiger partial charge in [0.05, 0.1) is 5.54 Å². The molecular weight excluding hydrogens is 232 g/mol. The summed E-state index contributed by atoms with van der Waals surface area (Å²) < 4.78 is 0.874. The lowest BCUT2D eigenvalue weighted by Crippen LogP contribution is -2.13. The van der Waals surface area contributed by atoms with Crippen LogP contribution in [0.15, 0.2) is 27.9 Å². The lowest BCUT2D eigenvalue weighted by Gasteiger charge is -2.17. The van der Waals surface area contributed by atoms with Gasteiger partial charge in [-0.3, -0.25) is 4.98 Å². The van der Waals surface area contributed by atoms with Crippen LogP contribution >= 0.6 is 15.9 Å². The van der Waals surface area contributed by atoms with Gasteiger partial charge in [-0.25, -0.2) is 4.79 Å². The highest BCUT2D eigenvalue weighted by molar-refractivity contribution is 9.10. The summed E-state index contributed by atoms with van der Waals surface area (Å²) in [5.41, 5.74) is 0.323. The van der Waals surface area contributed by atoms with Gasteiger partial charge in [-0.15, -0.1) is 0 Å². The smallest absolute Gasteiger partial charge is 0.235 e. The number of hydrogen-bond donors (Lipinski definition) is 0. The predicted octanol–water partition coefficient (Wildman–Crippen LogP) is 2.42. The zero-order chi connectivity index (χ0) is 9.90. The van der Waals surface area contributed by atoms with E-state index in [1.54, 1.807) is 18.5 Å². The highest BCUT2D eigenvalue weighted by Crippen LogP contribution is 2.25. The van der Waals surface area contributed by atoms with E-state index in [1.807, 2.05) is 19.9 Å². The van der Waals surface area contributed by atoms with Gasteiger partial charge in [0.2, 0.25) is 6.08 Å². The Balaban J connectivity index is 3.13. The van der Waals surface area contributed by atoms with E-state index < -0.39 is 5.54 Å². The van der Waals surface area contributed by atoms with Crippen molar-refractivity contribution in [2.75, 3.05) is 0 Å². The van der Waals surface area contributed by atoms with E-state index in [4.69, 9.17) is 0 Å². The molecule has 1 aromatic rings. The quantitative estimate of drug-likeness (QED) is 0.589. The van der Waals surface area contributed by atoms with Gasteiger partial charge >= 0.3 is 0 Å². The third kappa shape index (κ3) is 2.47. The number of isocyanates is 1. The first-order valence-corrected chi connectivity index (χ1v) is 4.55. The first kappa shape index (κ1) is 10.1. The summed E-state index contributed by atoms with van der Waals surface area (Å²) >= 11 is 3.30. The number of nitrogens with zero attached hydrogens (tertiary/aromatic N) is 2. The van der Waals surface area contributed by atoms with E-state index in [1.165, 1.54) is 0 Å². The van der Waals surface area contributed by atoms with Gasteiger partial charge in [0.25, 0.3) is 0 Å². The molecule has 0 saturated heterocycles. The van der Waals surface area contributed by atoms with Crippen LogP contribution in [0.3, 0.4) is 0 Å². The Bertz CT molecular complexity index is 356. The number of halogens is 1. The van der Waals surface area contributed by atoms with Crippen molar-refractivity contribution in [1.82, 2.24) is 4.98 Å². The van der Waals surface area contributed by atoms with Crippen LogP contribution in [0.5, 0.6) is 0 Å². The molecule has 0 amide bonds. The lowest BCUT2D eigenvalue weighted by molar-refractivity contribution is 0.521. The Hall–Kier alpha value is -0.990. The van der Waals surface area contributed by atoms with Crippen molar-refractivity contribution < 1.29 is 4.79 Å². The molecule has 4 heteroatoms. The van der Waals surface area contributed by atoms with Gasteiger partial charge in [0.1, 0.15) is 0 Å². The lowest BCUT2D eigenvalue weighted by atomic mass is 9.97. The molecule has 0 fully saturated rings. The number of aromatic nitrogens is 1. The SMILES string of the molecule is CC(C)(N=C=O)c1cncc(Br)c1. The zero-order valence-corrected chi connectivity index (χ0v) is 9.00. The summed E-state index contributed by atoms with van der Waals surface area (Å²) in [5, 5.41) is 0. The first-order chi connectivity index (χ1) is 6.06. The van der Waals surface area contributed by atoms with E-state index in [2.05, 4.69) is 25.9 Å². The molecule has 68 valence electrons. The van der Waals surface area contributed by atoms with Gasteiger partial charge < -0.3 is 0 Å². The fraction of sp³-hybridized carbons (Fsp3) is 0.333. The summed E-state index contributed by atoms with van der Waals surface area (Å²) in [4.78, 5) is 17.9. The summed E-state index contributed by atoms with van der Waals surface area (Å²) in [7, 11) is 0. The van der Waals surface area contributed by atoms with E-state index in [9.17, 15) is 4.79 Å². The molecule has 0 saturated carbocycles.